The van der Waals surface area contributed by atoms with E-state index in [-0.39, 0.29) is 30.0 Å². The first-order valence-corrected chi connectivity index (χ1v) is 10.6. The van der Waals surface area contributed by atoms with Crippen LogP contribution >= 0.6 is 24.0 Å². The molecule has 1 aliphatic rings. The maximum Gasteiger partial charge on any atom is 0.194 e. The SMILES string of the molecule is CCNC(=NCC(c1ccccc1OC)N(C)C)N1CCN(c2ccccn2)CC1.I. The number of piperazine rings is 1. The fraction of sp³-hybridized carbons (Fsp3) is 0.478. The highest BCUT2D eigenvalue weighted by atomic mass is 127. The normalized spacial score (nSPS) is 15.5. The van der Waals surface area contributed by atoms with Gasteiger partial charge in [0.05, 0.1) is 19.7 Å². The zero-order chi connectivity index (χ0) is 21.3. The molecule has 2 heterocycles. The lowest BCUT2D eigenvalue weighted by atomic mass is 10.0. The Morgan fingerprint density at radius 1 is 1.13 bits per heavy atom. The van der Waals surface area contributed by atoms with Gasteiger partial charge in [-0.25, -0.2) is 4.98 Å². The largest absolute Gasteiger partial charge is 0.496 e. The highest BCUT2D eigenvalue weighted by Crippen LogP contribution is 2.28. The highest BCUT2D eigenvalue weighted by molar-refractivity contribution is 14.0. The molecule has 0 spiro atoms. The second-order valence-electron chi connectivity index (χ2n) is 7.58. The zero-order valence-corrected chi connectivity index (χ0v) is 21.3. The molecule has 0 saturated carbocycles. The Kier molecular flexibility index (Phi) is 10.3. The van der Waals surface area contributed by atoms with E-state index >= 15 is 0 Å². The van der Waals surface area contributed by atoms with Crippen LogP contribution in [-0.4, -0.2) is 81.2 Å². The summed E-state index contributed by atoms with van der Waals surface area (Å²) in [5.41, 5.74) is 1.16. The van der Waals surface area contributed by atoms with E-state index in [0.717, 1.165) is 55.8 Å². The van der Waals surface area contributed by atoms with E-state index in [1.807, 2.05) is 30.5 Å². The summed E-state index contributed by atoms with van der Waals surface area (Å²) in [6.45, 7) is 7.34. The number of nitrogens with zero attached hydrogens (tertiary/aromatic N) is 5. The van der Waals surface area contributed by atoms with Gasteiger partial charge in [0.1, 0.15) is 11.6 Å². The molecule has 1 aromatic carbocycles. The monoisotopic (exact) mass is 538 g/mol. The van der Waals surface area contributed by atoms with Gasteiger partial charge in [-0.05, 0) is 39.2 Å². The number of aliphatic imine (C=N–C) groups is 1. The molecule has 1 aliphatic heterocycles. The quantitative estimate of drug-likeness (QED) is 0.332. The molecular weight excluding hydrogens is 503 g/mol. The topological polar surface area (TPSA) is 56.2 Å². The second-order valence-corrected chi connectivity index (χ2v) is 7.58. The van der Waals surface area contributed by atoms with E-state index in [2.05, 4.69) is 64.2 Å². The Bertz CT molecular complexity index is 809. The lowest BCUT2D eigenvalue weighted by Crippen LogP contribution is -2.53. The van der Waals surface area contributed by atoms with Crippen molar-refractivity contribution in [3.63, 3.8) is 0 Å². The van der Waals surface area contributed by atoms with Gasteiger partial charge in [0.25, 0.3) is 0 Å². The van der Waals surface area contributed by atoms with Gasteiger partial charge in [0.15, 0.2) is 5.96 Å². The van der Waals surface area contributed by atoms with E-state index in [4.69, 9.17) is 9.73 Å². The van der Waals surface area contributed by atoms with Crippen LogP contribution in [-0.2, 0) is 0 Å². The lowest BCUT2D eigenvalue weighted by Gasteiger charge is -2.37. The van der Waals surface area contributed by atoms with Crippen LogP contribution in [0.4, 0.5) is 5.82 Å². The van der Waals surface area contributed by atoms with Crippen LogP contribution in [0, 0.1) is 0 Å². The summed E-state index contributed by atoms with van der Waals surface area (Å²) in [6, 6.07) is 14.4. The number of rotatable bonds is 7. The molecule has 0 aliphatic carbocycles. The first-order chi connectivity index (χ1) is 14.6. The van der Waals surface area contributed by atoms with E-state index in [1.165, 1.54) is 0 Å². The lowest BCUT2D eigenvalue weighted by molar-refractivity contribution is 0.293. The molecule has 0 radical (unpaired) electrons. The first kappa shape index (κ1) is 25.2. The molecule has 1 saturated heterocycles. The predicted molar refractivity (Wildman–Crippen MR) is 139 cm³/mol. The second kappa shape index (κ2) is 12.7. The van der Waals surface area contributed by atoms with Gasteiger partial charge in [0.2, 0.25) is 0 Å². The summed E-state index contributed by atoms with van der Waals surface area (Å²) in [5, 5.41) is 3.47. The number of pyridine rings is 1. The minimum absolute atomic E-state index is 0. The average molecular weight is 538 g/mol. The van der Waals surface area contributed by atoms with E-state index in [0.29, 0.717) is 6.54 Å². The van der Waals surface area contributed by atoms with Gasteiger partial charge in [-0.15, -0.1) is 24.0 Å². The van der Waals surface area contributed by atoms with Crippen molar-refractivity contribution in [3.05, 3.63) is 54.2 Å². The third kappa shape index (κ3) is 6.70. The van der Waals surface area contributed by atoms with Crippen molar-refractivity contribution in [2.24, 2.45) is 4.99 Å². The minimum atomic E-state index is 0. The number of likely N-dealkylation sites (N-methyl/N-ethyl adjacent to an activating group) is 1. The molecule has 0 amide bonds. The van der Waals surface area contributed by atoms with Crippen LogP contribution in [0.3, 0.4) is 0 Å². The Hall–Kier alpha value is -2.07. The maximum absolute atomic E-state index is 5.59. The van der Waals surface area contributed by atoms with Crippen LogP contribution in [0.25, 0.3) is 0 Å². The van der Waals surface area contributed by atoms with Crippen molar-refractivity contribution in [2.75, 3.05) is 65.4 Å². The van der Waals surface area contributed by atoms with Gasteiger partial charge >= 0.3 is 0 Å². The summed E-state index contributed by atoms with van der Waals surface area (Å²) in [4.78, 5) is 16.4. The van der Waals surface area contributed by atoms with Crippen LogP contribution in [0.15, 0.2) is 53.7 Å². The van der Waals surface area contributed by atoms with Crippen molar-refractivity contribution < 1.29 is 4.74 Å². The van der Waals surface area contributed by atoms with Crippen LogP contribution in [0.1, 0.15) is 18.5 Å². The molecule has 2 aromatic rings. The first-order valence-electron chi connectivity index (χ1n) is 10.6. The van der Waals surface area contributed by atoms with Crippen molar-refractivity contribution in [1.29, 1.82) is 0 Å². The highest BCUT2D eigenvalue weighted by Gasteiger charge is 2.22. The van der Waals surface area contributed by atoms with E-state index < -0.39 is 0 Å². The summed E-state index contributed by atoms with van der Waals surface area (Å²) < 4.78 is 5.59. The molecule has 1 N–H and O–H groups in total. The number of aromatic nitrogens is 1. The van der Waals surface area contributed by atoms with E-state index in [1.54, 1.807) is 7.11 Å². The Morgan fingerprint density at radius 3 is 2.45 bits per heavy atom. The fourth-order valence-electron chi connectivity index (χ4n) is 3.77. The van der Waals surface area contributed by atoms with Crippen LogP contribution < -0.4 is 15.0 Å². The molecule has 170 valence electrons. The van der Waals surface area contributed by atoms with Crippen molar-refractivity contribution >= 4 is 35.8 Å². The van der Waals surface area contributed by atoms with Gasteiger partial charge < -0.3 is 24.8 Å². The number of para-hydroxylation sites is 1. The van der Waals surface area contributed by atoms with Crippen molar-refractivity contribution in [1.82, 2.24) is 20.1 Å². The number of ether oxygens (including phenoxy) is 1. The molecular formula is C23H35IN6O. The third-order valence-corrected chi connectivity index (χ3v) is 5.42. The molecule has 8 heteroatoms. The number of hydrogen-bond donors (Lipinski definition) is 1. The molecule has 1 fully saturated rings. The third-order valence-electron chi connectivity index (χ3n) is 5.42. The number of benzene rings is 1. The van der Waals surface area contributed by atoms with E-state index in [9.17, 15) is 0 Å². The predicted octanol–water partition coefficient (Wildman–Crippen LogP) is 3.10. The number of methoxy groups -OCH3 is 1. The minimum Gasteiger partial charge on any atom is -0.496 e. The van der Waals surface area contributed by atoms with Gasteiger partial charge in [-0.3, -0.25) is 4.99 Å². The summed E-state index contributed by atoms with van der Waals surface area (Å²) in [6.07, 6.45) is 1.85. The molecule has 3 rings (SSSR count). The molecule has 7 nitrogen and oxygen atoms in total. The average Bonchev–Trinajstić information content (AvgIpc) is 2.79. The number of anilines is 1. The van der Waals surface area contributed by atoms with Crippen molar-refractivity contribution in [2.45, 2.75) is 13.0 Å². The maximum atomic E-state index is 5.59. The van der Waals surface area contributed by atoms with Gasteiger partial charge in [-0.1, -0.05) is 24.3 Å². The number of guanidine groups is 1. The smallest absolute Gasteiger partial charge is 0.194 e. The van der Waals surface area contributed by atoms with Crippen molar-refractivity contribution in [3.8, 4) is 5.75 Å². The molecule has 1 unspecified atom stereocenters. The van der Waals surface area contributed by atoms with Gasteiger partial charge in [0, 0.05) is 44.5 Å². The van der Waals surface area contributed by atoms with Gasteiger partial charge in [-0.2, -0.15) is 0 Å². The summed E-state index contributed by atoms with van der Waals surface area (Å²) in [7, 11) is 5.90. The van der Waals surface area contributed by atoms with Crippen LogP contribution in [0.2, 0.25) is 0 Å². The molecule has 1 aromatic heterocycles. The zero-order valence-electron chi connectivity index (χ0n) is 19.0. The number of nitrogens with one attached hydrogen (secondary N) is 1. The Morgan fingerprint density at radius 2 is 1.84 bits per heavy atom. The van der Waals surface area contributed by atoms with Crippen LogP contribution in [0.5, 0.6) is 5.75 Å². The Labute approximate surface area is 203 Å². The standard InChI is InChI=1S/C23H34N6O.HI/c1-5-24-23(29-16-14-28(15-17-29)22-12-8-9-13-25-22)26-18-20(27(2)3)19-10-6-7-11-21(19)30-4;/h6-13,20H,5,14-18H2,1-4H3,(H,24,26);1H. The fourth-order valence-corrected chi connectivity index (χ4v) is 3.77. The molecule has 1 atom stereocenters. The number of hydrogen-bond acceptors (Lipinski definition) is 5. The molecule has 0 bridgehead atoms. The molecule has 31 heavy (non-hydrogen) atoms. The number of halogens is 1. The Balaban J connectivity index is 0.00000341. The summed E-state index contributed by atoms with van der Waals surface area (Å²) >= 11 is 0. The summed E-state index contributed by atoms with van der Waals surface area (Å²) in [5.74, 6) is 2.92.